The van der Waals surface area contributed by atoms with E-state index in [2.05, 4.69) is 13.8 Å². The Morgan fingerprint density at radius 2 is 1.65 bits per heavy atom. The zero-order chi connectivity index (χ0) is 21.8. The van der Waals surface area contributed by atoms with Gasteiger partial charge in [0, 0.05) is 28.5 Å². The summed E-state index contributed by atoms with van der Waals surface area (Å²) in [7, 11) is 0. The van der Waals surface area contributed by atoms with Gasteiger partial charge in [-0.3, -0.25) is 4.42 Å². The Bertz CT molecular complexity index is 1180. The molecule has 4 nitrogen and oxygen atoms in total. The molecule has 3 atom stereocenters. The fraction of sp³-hybridized carbons (Fsp3) is 0.240. The van der Waals surface area contributed by atoms with Gasteiger partial charge in [0.2, 0.25) is 0 Å². The Balaban J connectivity index is 1.73. The number of carbonyl (C=O) groups excluding carboxylic acids is 1. The summed E-state index contributed by atoms with van der Waals surface area (Å²) in [5, 5.41) is 0. The van der Waals surface area contributed by atoms with Gasteiger partial charge in [0.25, 0.3) is 0 Å². The van der Waals surface area contributed by atoms with Crippen LogP contribution in [0.3, 0.4) is 0 Å². The van der Waals surface area contributed by atoms with Crippen molar-refractivity contribution in [3.8, 4) is 11.5 Å². The predicted octanol–water partition coefficient (Wildman–Crippen LogP) is 6.83. The summed E-state index contributed by atoms with van der Waals surface area (Å²) in [4.78, 5) is 12.9. The standard InChI is InChI=1S/C25H21Cl2NO3/c1-3-15(2)23(26)28(27)16-12-13-22-20(14-16)25(19-10-6-7-11-21(19)30-22)18-9-5-4-8-17(18)24(29)31-25/h4-15,23H,3H2,1-2H3. The maximum atomic E-state index is 12.9. The predicted molar refractivity (Wildman–Crippen MR) is 122 cm³/mol. The lowest BCUT2D eigenvalue weighted by atomic mass is 9.77. The number of hydrogen-bond donors (Lipinski definition) is 0. The van der Waals surface area contributed by atoms with Crippen LogP contribution in [-0.2, 0) is 10.3 Å². The van der Waals surface area contributed by atoms with E-state index in [1.807, 2.05) is 60.7 Å². The van der Waals surface area contributed by atoms with Gasteiger partial charge in [-0.25, -0.2) is 4.79 Å². The summed E-state index contributed by atoms with van der Waals surface area (Å²) in [6.07, 6.45) is 0.897. The van der Waals surface area contributed by atoms with Gasteiger partial charge in [0.15, 0.2) is 5.60 Å². The number of alkyl halides is 1. The van der Waals surface area contributed by atoms with Crippen LogP contribution in [0.1, 0.15) is 47.3 Å². The molecule has 5 rings (SSSR count). The second kappa shape index (κ2) is 7.47. The van der Waals surface area contributed by atoms with Crippen LogP contribution in [0.25, 0.3) is 0 Å². The van der Waals surface area contributed by atoms with Crippen LogP contribution in [-0.4, -0.2) is 11.5 Å². The molecule has 0 aromatic heterocycles. The lowest BCUT2D eigenvalue weighted by Gasteiger charge is -2.37. The summed E-state index contributed by atoms with van der Waals surface area (Å²) < 4.78 is 13.9. The molecule has 0 saturated carbocycles. The molecule has 0 radical (unpaired) electrons. The van der Waals surface area contributed by atoms with Crippen LogP contribution >= 0.6 is 23.4 Å². The summed E-state index contributed by atoms with van der Waals surface area (Å²) in [6, 6.07) is 20.7. The minimum Gasteiger partial charge on any atom is -0.456 e. The molecule has 0 N–H and O–H groups in total. The first-order valence-electron chi connectivity index (χ1n) is 10.3. The van der Waals surface area contributed by atoms with Crippen LogP contribution in [0, 0.1) is 5.92 Å². The van der Waals surface area contributed by atoms with Crippen LogP contribution in [0.5, 0.6) is 11.5 Å². The molecule has 2 aliphatic rings. The Morgan fingerprint density at radius 3 is 2.42 bits per heavy atom. The molecule has 31 heavy (non-hydrogen) atoms. The number of rotatable bonds is 4. The van der Waals surface area contributed by atoms with Crippen molar-refractivity contribution in [3.05, 3.63) is 89.0 Å². The van der Waals surface area contributed by atoms with Gasteiger partial charge >= 0.3 is 5.97 Å². The summed E-state index contributed by atoms with van der Waals surface area (Å²) in [5.74, 6) is 1.10. The highest BCUT2D eigenvalue weighted by molar-refractivity contribution is 6.33. The minimum atomic E-state index is -1.11. The van der Waals surface area contributed by atoms with Gasteiger partial charge in [0.05, 0.1) is 11.3 Å². The third kappa shape index (κ3) is 2.93. The number of para-hydroxylation sites is 1. The highest BCUT2D eigenvalue weighted by atomic mass is 35.5. The Kier molecular flexibility index (Phi) is 4.87. The minimum absolute atomic E-state index is 0.186. The van der Waals surface area contributed by atoms with Crippen LogP contribution in [0.15, 0.2) is 66.7 Å². The average molecular weight is 454 g/mol. The van der Waals surface area contributed by atoms with E-state index in [0.29, 0.717) is 22.7 Å². The second-order valence-electron chi connectivity index (χ2n) is 7.96. The highest BCUT2D eigenvalue weighted by Crippen LogP contribution is 2.56. The number of esters is 1. The van der Waals surface area contributed by atoms with Crippen molar-refractivity contribution < 1.29 is 14.3 Å². The van der Waals surface area contributed by atoms with Gasteiger partial charge < -0.3 is 9.47 Å². The molecule has 0 saturated heterocycles. The van der Waals surface area contributed by atoms with Crippen LogP contribution < -0.4 is 9.16 Å². The molecule has 2 heterocycles. The Hall–Kier alpha value is -2.69. The molecular weight excluding hydrogens is 433 g/mol. The normalized spacial score (nSPS) is 20.2. The average Bonchev–Trinajstić information content (AvgIpc) is 3.11. The first kappa shape index (κ1) is 20.2. The van der Waals surface area contributed by atoms with E-state index < -0.39 is 11.1 Å². The van der Waals surface area contributed by atoms with Crippen LogP contribution in [0.4, 0.5) is 5.69 Å². The van der Waals surface area contributed by atoms with Crippen molar-refractivity contribution in [2.75, 3.05) is 4.42 Å². The third-order valence-electron chi connectivity index (χ3n) is 6.18. The molecule has 2 aliphatic heterocycles. The monoisotopic (exact) mass is 453 g/mol. The van der Waals surface area contributed by atoms with E-state index in [-0.39, 0.29) is 11.9 Å². The fourth-order valence-electron chi connectivity index (χ4n) is 4.30. The lowest BCUT2D eigenvalue weighted by molar-refractivity contribution is 0.0224. The van der Waals surface area contributed by atoms with E-state index in [9.17, 15) is 4.79 Å². The topological polar surface area (TPSA) is 38.8 Å². The third-order valence-corrected chi connectivity index (χ3v) is 7.31. The summed E-state index contributed by atoms with van der Waals surface area (Å²) in [5.41, 5.74) is 2.06. The molecular formula is C25H21Cl2NO3. The van der Waals surface area contributed by atoms with E-state index in [1.54, 1.807) is 6.07 Å². The van der Waals surface area contributed by atoms with Gasteiger partial charge in [-0.05, 0) is 36.2 Å². The van der Waals surface area contributed by atoms with Crippen molar-refractivity contribution in [2.45, 2.75) is 31.4 Å². The van der Waals surface area contributed by atoms with Crippen molar-refractivity contribution in [2.24, 2.45) is 5.92 Å². The summed E-state index contributed by atoms with van der Waals surface area (Å²) >= 11 is 13.3. The molecule has 0 amide bonds. The summed E-state index contributed by atoms with van der Waals surface area (Å²) in [6.45, 7) is 4.13. The number of anilines is 1. The van der Waals surface area contributed by atoms with Gasteiger partial charge in [-0.1, -0.05) is 68.3 Å². The Morgan fingerprint density at radius 1 is 0.968 bits per heavy atom. The molecule has 3 aromatic carbocycles. The molecule has 0 bridgehead atoms. The largest absolute Gasteiger partial charge is 0.456 e. The maximum absolute atomic E-state index is 12.9. The number of hydrogen-bond acceptors (Lipinski definition) is 4. The smallest absolute Gasteiger partial charge is 0.340 e. The van der Waals surface area contributed by atoms with E-state index in [1.165, 1.54) is 4.42 Å². The van der Waals surface area contributed by atoms with Crippen molar-refractivity contribution in [1.82, 2.24) is 0 Å². The number of carbonyl (C=O) groups is 1. The molecule has 158 valence electrons. The van der Waals surface area contributed by atoms with E-state index in [0.717, 1.165) is 23.1 Å². The van der Waals surface area contributed by atoms with Gasteiger partial charge in [0.1, 0.15) is 17.0 Å². The molecule has 6 heteroatoms. The SMILES string of the molecule is CCC(C)C(Cl)N(Cl)c1ccc2c(c1)C1(OC(=O)c3ccccc31)c1ccccc1O2. The van der Waals surface area contributed by atoms with Gasteiger partial charge in [-0.2, -0.15) is 0 Å². The number of nitrogens with zero attached hydrogens (tertiary/aromatic N) is 1. The Labute approximate surface area is 191 Å². The first-order valence-corrected chi connectivity index (χ1v) is 11.1. The number of benzene rings is 3. The van der Waals surface area contributed by atoms with Gasteiger partial charge in [-0.15, -0.1) is 0 Å². The van der Waals surface area contributed by atoms with E-state index >= 15 is 0 Å². The molecule has 0 aliphatic carbocycles. The molecule has 0 fully saturated rings. The quantitative estimate of drug-likeness (QED) is 0.188. The zero-order valence-corrected chi connectivity index (χ0v) is 18.7. The second-order valence-corrected chi connectivity index (χ2v) is 8.78. The van der Waals surface area contributed by atoms with Crippen molar-refractivity contribution >= 4 is 35.0 Å². The number of ether oxygens (including phenoxy) is 2. The molecule has 1 spiro atoms. The fourth-order valence-corrected chi connectivity index (χ4v) is 4.89. The number of halogens is 2. The number of fused-ring (bicyclic) bond motifs is 6. The van der Waals surface area contributed by atoms with E-state index in [4.69, 9.17) is 32.9 Å². The van der Waals surface area contributed by atoms with Crippen molar-refractivity contribution in [1.29, 1.82) is 0 Å². The zero-order valence-electron chi connectivity index (χ0n) is 17.1. The molecule has 3 unspecified atom stereocenters. The molecule has 3 aromatic rings. The lowest BCUT2D eigenvalue weighted by Crippen LogP contribution is -2.33. The first-order chi connectivity index (χ1) is 15.0. The van der Waals surface area contributed by atoms with Crippen LogP contribution in [0.2, 0.25) is 0 Å². The maximum Gasteiger partial charge on any atom is 0.340 e. The highest BCUT2D eigenvalue weighted by Gasteiger charge is 2.53. The van der Waals surface area contributed by atoms with Crippen molar-refractivity contribution in [3.63, 3.8) is 0 Å².